The summed E-state index contributed by atoms with van der Waals surface area (Å²) < 4.78 is 5.25. The first-order valence-electron chi connectivity index (χ1n) is 4.34. The zero-order valence-electron chi connectivity index (χ0n) is 7.58. The topological polar surface area (TPSA) is 33.6 Å². The number of hydrogen-bond acceptors (Lipinski definition) is 3. The Kier molecular flexibility index (Phi) is 2.17. The highest BCUT2D eigenvalue weighted by molar-refractivity contribution is 6.03. The third-order valence-electron chi connectivity index (χ3n) is 2.11. The molecular weight excluding hydrogens is 164 g/mol. The van der Waals surface area contributed by atoms with Gasteiger partial charge < -0.3 is 10.2 Å². The van der Waals surface area contributed by atoms with Crippen molar-refractivity contribution in [2.24, 2.45) is 5.10 Å². The van der Waals surface area contributed by atoms with E-state index in [2.05, 4.69) is 10.5 Å². The Morgan fingerprint density at radius 1 is 1.38 bits per heavy atom. The van der Waals surface area contributed by atoms with Crippen LogP contribution in [0.15, 0.2) is 29.4 Å². The molecule has 0 aromatic heterocycles. The van der Waals surface area contributed by atoms with Gasteiger partial charge in [0.05, 0.1) is 12.8 Å². The van der Waals surface area contributed by atoms with Gasteiger partial charge in [-0.2, -0.15) is 5.10 Å². The first-order valence-corrected chi connectivity index (χ1v) is 4.34. The molecule has 0 amide bonds. The third kappa shape index (κ3) is 1.49. The zero-order chi connectivity index (χ0) is 9.10. The minimum atomic E-state index is 0.893. The number of nitrogens with zero attached hydrogens (tertiary/aromatic N) is 1. The van der Waals surface area contributed by atoms with Crippen LogP contribution in [0.3, 0.4) is 0 Å². The van der Waals surface area contributed by atoms with Crippen LogP contribution in [0.2, 0.25) is 0 Å². The average Bonchev–Trinajstić information content (AvgIpc) is 2.70. The lowest BCUT2D eigenvalue weighted by Gasteiger charge is -2.06. The van der Waals surface area contributed by atoms with Crippen LogP contribution in [0, 0.1) is 0 Å². The van der Waals surface area contributed by atoms with Crippen molar-refractivity contribution in [3.63, 3.8) is 0 Å². The van der Waals surface area contributed by atoms with Gasteiger partial charge in [0.1, 0.15) is 5.75 Å². The molecule has 1 aliphatic rings. The molecule has 1 aromatic carbocycles. The summed E-state index contributed by atoms with van der Waals surface area (Å²) in [6.45, 7) is 0.924. The molecule has 1 heterocycles. The second-order valence-electron chi connectivity index (χ2n) is 2.92. The smallest absolute Gasteiger partial charge is 0.127 e. The van der Waals surface area contributed by atoms with Crippen LogP contribution in [0.5, 0.6) is 5.75 Å². The lowest BCUT2D eigenvalue weighted by Crippen LogP contribution is -2.00. The minimum absolute atomic E-state index is 0.893. The van der Waals surface area contributed by atoms with Gasteiger partial charge in [-0.3, -0.25) is 0 Å². The van der Waals surface area contributed by atoms with Gasteiger partial charge >= 0.3 is 0 Å². The van der Waals surface area contributed by atoms with E-state index >= 15 is 0 Å². The maximum Gasteiger partial charge on any atom is 0.127 e. The zero-order valence-corrected chi connectivity index (χ0v) is 7.58. The van der Waals surface area contributed by atoms with E-state index in [0.29, 0.717) is 0 Å². The Bertz CT molecular complexity index is 333. The Morgan fingerprint density at radius 3 is 2.92 bits per heavy atom. The average molecular weight is 176 g/mol. The predicted molar refractivity (Wildman–Crippen MR) is 52.2 cm³/mol. The number of methoxy groups -OCH3 is 1. The highest BCUT2D eigenvalue weighted by Crippen LogP contribution is 2.20. The molecule has 0 atom stereocenters. The summed E-state index contributed by atoms with van der Waals surface area (Å²) in [6.07, 6.45) is 0.973. The van der Waals surface area contributed by atoms with Gasteiger partial charge in [-0.05, 0) is 12.1 Å². The molecule has 13 heavy (non-hydrogen) atoms. The van der Waals surface area contributed by atoms with Crippen molar-refractivity contribution < 1.29 is 4.74 Å². The number of nitrogens with one attached hydrogen (secondary N) is 1. The molecule has 0 spiro atoms. The summed E-state index contributed by atoms with van der Waals surface area (Å²) in [4.78, 5) is 0. The summed E-state index contributed by atoms with van der Waals surface area (Å²) in [5, 5.41) is 4.20. The normalized spacial score (nSPS) is 15.0. The van der Waals surface area contributed by atoms with Crippen molar-refractivity contribution >= 4 is 5.71 Å². The van der Waals surface area contributed by atoms with E-state index in [1.54, 1.807) is 7.11 Å². The van der Waals surface area contributed by atoms with Crippen LogP contribution in [0.1, 0.15) is 12.0 Å². The van der Waals surface area contributed by atoms with Crippen molar-refractivity contribution in [2.75, 3.05) is 13.7 Å². The third-order valence-corrected chi connectivity index (χ3v) is 2.11. The van der Waals surface area contributed by atoms with E-state index in [1.165, 1.54) is 0 Å². The van der Waals surface area contributed by atoms with Crippen molar-refractivity contribution in [3.05, 3.63) is 29.8 Å². The van der Waals surface area contributed by atoms with Crippen molar-refractivity contribution in [1.82, 2.24) is 5.43 Å². The summed E-state index contributed by atoms with van der Waals surface area (Å²) >= 11 is 0. The van der Waals surface area contributed by atoms with Gasteiger partial charge in [-0.1, -0.05) is 12.1 Å². The summed E-state index contributed by atoms with van der Waals surface area (Å²) in [7, 11) is 1.68. The van der Waals surface area contributed by atoms with Crippen LogP contribution < -0.4 is 10.2 Å². The van der Waals surface area contributed by atoms with Crippen LogP contribution in [-0.2, 0) is 0 Å². The van der Waals surface area contributed by atoms with E-state index in [4.69, 9.17) is 4.74 Å². The monoisotopic (exact) mass is 176 g/mol. The number of hydrogen-bond donors (Lipinski definition) is 1. The molecule has 0 unspecified atom stereocenters. The van der Waals surface area contributed by atoms with E-state index in [9.17, 15) is 0 Å². The van der Waals surface area contributed by atoms with Crippen LogP contribution >= 0.6 is 0 Å². The summed E-state index contributed by atoms with van der Waals surface area (Å²) in [5.74, 6) is 0.893. The molecule has 0 fully saturated rings. The summed E-state index contributed by atoms with van der Waals surface area (Å²) in [6, 6.07) is 7.95. The molecule has 2 rings (SSSR count). The quantitative estimate of drug-likeness (QED) is 0.738. The van der Waals surface area contributed by atoms with Crippen LogP contribution in [0.4, 0.5) is 0 Å². The van der Waals surface area contributed by atoms with E-state index in [0.717, 1.165) is 30.0 Å². The highest BCUT2D eigenvalue weighted by Gasteiger charge is 2.12. The van der Waals surface area contributed by atoms with Crippen molar-refractivity contribution in [2.45, 2.75) is 6.42 Å². The fraction of sp³-hybridized carbons (Fsp3) is 0.300. The van der Waals surface area contributed by atoms with Gasteiger partial charge in [0.25, 0.3) is 0 Å². The molecule has 0 saturated heterocycles. The molecule has 0 aliphatic carbocycles. The number of para-hydroxylation sites is 1. The Balaban J connectivity index is 2.38. The van der Waals surface area contributed by atoms with Gasteiger partial charge in [0.2, 0.25) is 0 Å². The lowest BCUT2D eigenvalue weighted by atomic mass is 10.1. The second kappa shape index (κ2) is 3.47. The van der Waals surface area contributed by atoms with Crippen molar-refractivity contribution in [3.8, 4) is 5.75 Å². The standard InChI is InChI=1S/C10H12N2O/c1-13-10-5-3-2-4-8(10)9-6-7-11-12-9/h2-5,11H,6-7H2,1H3. The fourth-order valence-corrected chi connectivity index (χ4v) is 1.46. The summed E-state index contributed by atoms with van der Waals surface area (Å²) in [5.41, 5.74) is 5.13. The molecule has 68 valence electrons. The molecular formula is C10H12N2O. The molecule has 0 bridgehead atoms. The first kappa shape index (κ1) is 8.10. The largest absolute Gasteiger partial charge is 0.496 e. The maximum absolute atomic E-state index is 5.25. The van der Waals surface area contributed by atoms with Crippen LogP contribution in [-0.4, -0.2) is 19.4 Å². The van der Waals surface area contributed by atoms with Crippen molar-refractivity contribution in [1.29, 1.82) is 0 Å². The Labute approximate surface area is 77.4 Å². The van der Waals surface area contributed by atoms with Gasteiger partial charge in [-0.15, -0.1) is 0 Å². The molecule has 1 N–H and O–H groups in total. The number of benzene rings is 1. The Morgan fingerprint density at radius 2 is 2.23 bits per heavy atom. The molecule has 1 aromatic rings. The van der Waals surface area contributed by atoms with E-state index in [-0.39, 0.29) is 0 Å². The minimum Gasteiger partial charge on any atom is -0.496 e. The molecule has 3 heteroatoms. The highest BCUT2D eigenvalue weighted by atomic mass is 16.5. The van der Waals surface area contributed by atoms with Gasteiger partial charge in [0.15, 0.2) is 0 Å². The predicted octanol–water partition coefficient (Wildman–Crippen LogP) is 1.39. The number of ether oxygens (including phenoxy) is 1. The Hall–Kier alpha value is -1.51. The molecule has 1 aliphatic heterocycles. The SMILES string of the molecule is COc1ccccc1C1=NNCC1. The number of hydrazone groups is 1. The maximum atomic E-state index is 5.25. The van der Waals surface area contributed by atoms with Crippen LogP contribution in [0.25, 0.3) is 0 Å². The van der Waals surface area contributed by atoms with Gasteiger partial charge in [-0.25, -0.2) is 0 Å². The fourth-order valence-electron chi connectivity index (χ4n) is 1.46. The second-order valence-corrected chi connectivity index (χ2v) is 2.92. The molecule has 0 saturated carbocycles. The van der Waals surface area contributed by atoms with E-state index in [1.807, 2.05) is 24.3 Å². The number of rotatable bonds is 2. The molecule has 0 radical (unpaired) electrons. The van der Waals surface area contributed by atoms with E-state index < -0.39 is 0 Å². The molecule has 3 nitrogen and oxygen atoms in total. The lowest BCUT2D eigenvalue weighted by molar-refractivity contribution is 0.414. The first-order chi connectivity index (χ1) is 6.42. The van der Waals surface area contributed by atoms with Gasteiger partial charge in [0, 0.05) is 18.5 Å².